The maximum atomic E-state index is 12.5. The highest BCUT2D eigenvalue weighted by atomic mass is 16.1. The molecule has 0 spiro atoms. The van der Waals surface area contributed by atoms with E-state index >= 15 is 0 Å². The van der Waals surface area contributed by atoms with Crippen LogP contribution in [0.5, 0.6) is 0 Å². The fourth-order valence-electron chi connectivity index (χ4n) is 2.45. The molecular formula is C17H28N2O. The van der Waals surface area contributed by atoms with Gasteiger partial charge in [0.25, 0.3) is 0 Å². The maximum Gasteiger partial charge on any atom is 0.228 e. The zero-order valence-corrected chi connectivity index (χ0v) is 13.4. The molecular weight excluding hydrogens is 248 g/mol. The largest absolute Gasteiger partial charge is 0.330 e. The van der Waals surface area contributed by atoms with Crippen molar-refractivity contribution in [3.8, 4) is 0 Å². The summed E-state index contributed by atoms with van der Waals surface area (Å²) in [5.74, 6) is -0.106. The van der Waals surface area contributed by atoms with Crippen LogP contribution in [-0.2, 0) is 11.2 Å². The SMILES string of the molecule is CCc1cccc(C)c1NC(=O)C(CN)CC(C)(C)C. The van der Waals surface area contributed by atoms with Crippen LogP contribution in [0.1, 0.15) is 45.2 Å². The summed E-state index contributed by atoms with van der Waals surface area (Å²) in [5.41, 5.74) is 9.10. The molecule has 0 saturated heterocycles. The number of nitrogens with two attached hydrogens (primary N) is 1. The van der Waals surface area contributed by atoms with E-state index in [1.165, 1.54) is 5.56 Å². The van der Waals surface area contributed by atoms with Crippen LogP contribution in [0.4, 0.5) is 5.69 Å². The van der Waals surface area contributed by atoms with Crippen LogP contribution in [0.2, 0.25) is 0 Å². The molecule has 0 aliphatic rings. The molecule has 0 aliphatic carbocycles. The number of anilines is 1. The molecule has 1 aromatic carbocycles. The van der Waals surface area contributed by atoms with E-state index in [4.69, 9.17) is 5.73 Å². The van der Waals surface area contributed by atoms with Gasteiger partial charge in [0.15, 0.2) is 0 Å². The van der Waals surface area contributed by atoms with Crippen molar-refractivity contribution in [1.29, 1.82) is 0 Å². The highest BCUT2D eigenvalue weighted by molar-refractivity contribution is 5.94. The van der Waals surface area contributed by atoms with Crippen LogP contribution >= 0.6 is 0 Å². The second-order valence-corrected chi connectivity index (χ2v) is 6.65. The lowest BCUT2D eigenvalue weighted by molar-refractivity contribution is -0.120. The molecule has 3 heteroatoms. The highest BCUT2D eigenvalue weighted by Crippen LogP contribution is 2.26. The Labute approximate surface area is 122 Å². The first-order valence-corrected chi connectivity index (χ1v) is 7.38. The van der Waals surface area contributed by atoms with Crippen molar-refractivity contribution in [3.63, 3.8) is 0 Å². The molecule has 1 atom stereocenters. The van der Waals surface area contributed by atoms with Gasteiger partial charge in [-0.1, -0.05) is 45.9 Å². The van der Waals surface area contributed by atoms with Gasteiger partial charge in [-0.15, -0.1) is 0 Å². The second-order valence-electron chi connectivity index (χ2n) is 6.65. The van der Waals surface area contributed by atoms with Gasteiger partial charge in [0, 0.05) is 12.2 Å². The van der Waals surface area contributed by atoms with E-state index in [1.807, 2.05) is 19.1 Å². The number of hydrogen-bond acceptors (Lipinski definition) is 2. The van der Waals surface area contributed by atoms with Crippen LogP contribution < -0.4 is 11.1 Å². The van der Waals surface area contributed by atoms with Crippen molar-refractivity contribution in [1.82, 2.24) is 0 Å². The first-order valence-electron chi connectivity index (χ1n) is 7.38. The number of para-hydroxylation sites is 1. The van der Waals surface area contributed by atoms with Gasteiger partial charge in [0.05, 0.1) is 5.92 Å². The molecule has 0 radical (unpaired) electrons. The molecule has 1 rings (SSSR count). The Bertz CT molecular complexity index is 461. The lowest BCUT2D eigenvalue weighted by atomic mass is 9.84. The molecule has 1 aromatic rings. The number of carbonyl (C=O) groups excluding carboxylic acids is 1. The average molecular weight is 276 g/mol. The number of carbonyl (C=O) groups is 1. The minimum atomic E-state index is -0.140. The second kappa shape index (κ2) is 6.89. The molecule has 0 aromatic heterocycles. The Morgan fingerprint density at radius 1 is 1.35 bits per heavy atom. The van der Waals surface area contributed by atoms with Gasteiger partial charge in [-0.05, 0) is 36.3 Å². The first-order chi connectivity index (χ1) is 9.28. The average Bonchev–Trinajstić information content (AvgIpc) is 2.37. The molecule has 3 N–H and O–H groups in total. The summed E-state index contributed by atoms with van der Waals surface area (Å²) >= 11 is 0. The molecule has 0 bridgehead atoms. The standard InChI is InChI=1S/C17H28N2O/c1-6-13-9-7-8-12(2)15(13)19-16(20)14(11-18)10-17(3,4)5/h7-9,14H,6,10-11,18H2,1-5H3,(H,19,20). The van der Waals surface area contributed by atoms with Crippen LogP contribution in [0.25, 0.3) is 0 Å². The monoisotopic (exact) mass is 276 g/mol. The zero-order valence-electron chi connectivity index (χ0n) is 13.4. The molecule has 1 unspecified atom stereocenters. The van der Waals surface area contributed by atoms with E-state index in [2.05, 4.69) is 39.1 Å². The Balaban J connectivity index is 2.89. The van der Waals surface area contributed by atoms with Crippen molar-refractivity contribution in [2.45, 2.75) is 47.5 Å². The number of nitrogens with one attached hydrogen (secondary N) is 1. The number of rotatable bonds is 5. The lowest BCUT2D eigenvalue weighted by Gasteiger charge is -2.25. The zero-order chi connectivity index (χ0) is 15.3. The van der Waals surface area contributed by atoms with Crippen LogP contribution in [0.3, 0.4) is 0 Å². The van der Waals surface area contributed by atoms with Gasteiger partial charge in [-0.25, -0.2) is 0 Å². The molecule has 0 heterocycles. The van der Waals surface area contributed by atoms with Gasteiger partial charge in [0.2, 0.25) is 5.91 Å². The fraction of sp³-hybridized carbons (Fsp3) is 0.588. The summed E-state index contributed by atoms with van der Waals surface area (Å²) in [4.78, 5) is 12.5. The Morgan fingerprint density at radius 3 is 2.50 bits per heavy atom. The normalized spacial score (nSPS) is 13.1. The molecule has 0 fully saturated rings. The predicted octanol–water partition coefficient (Wildman–Crippen LogP) is 3.51. The molecule has 3 nitrogen and oxygen atoms in total. The third kappa shape index (κ3) is 4.64. The predicted molar refractivity (Wildman–Crippen MR) is 85.8 cm³/mol. The van der Waals surface area contributed by atoms with Crippen molar-refractivity contribution in [3.05, 3.63) is 29.3 Å². The summed E-state index contributed by atoms with van der Waals surface area (Å²) < 4.78 is 0. The number of benzene rings is 1. The number of amides is 1. The minimum Gasteiger partial charge on any atom is -0.330 e. The summed E-state index contributed by atoms with van der Waals surface area (Å²) in [6.07, 6.45) is 1.70. The van der Waals surface area contributed by atoms with E-state index in [9.17, 15) is 4.79 Å². The number of hydrogen-bond donors (Lipinski definition) is 2. The van der Waals surface area contributed by atoms with E-state index < -0.39 is 0 Å². The van der Waals surface area contributed by atoms with Crippen LogP contribution in [0, 0.1) is 18.3 Å². The molecule has 112 valence electrons. The smallest absolute Gasteiger partial charge is 0.228 e. The summed E-state index contributed by atoms with van der Waals surface area (Å²) in [6.45, 7) is 10.9. The third-order valence-corrected chi connectivity index (χ3v) is 3.50. The van der Waals surface area contributed by atoms with E-state index in [1.54, 1.807) is 0 Å². The Hall–Kier alpha value is -1.35. The highest BCUT2D eigenvalue weighted by Gasteiger charge is 2.24. The van der Waals surface area contributed by atoms with Gasteiger partial charge >= 0.3 is 0 Å². The third-order valence-electron chi connectivity index (χ3n) is 3.50. The van der Waals surface area contributed by atoms with Crippen molar-refractivity contribution >= 4 is 11.6 Å². The van der Waals surface area contributed by atoms with Gasteiger partial charge < -0.3 is 11.1 Å². The quantitative estimate of drug-likeness (QED) is 0.864. The topological polar surface area (TPSA) is 55.1 Å². The lowest BCUT2D eigenvalue weighted by Crippen LogP contribution is -2.32. The van der Waals surface area contributed by atoms with E-state index in [0.29, 0.717) is 6.54 Å². The van der Waals surface area contributed by atoms with Crippen molar-refractivity contribution < 1.29 is 4.79 Å². The van der Waals surface area contributed by atoms with Gasteiger partial charge in [-0.3, -0.25) is 4.79 Å². The summed E-state index contributed by atoms with van der Waals surface area (Å²) in [6, 6.07) is 6.11. The summed E-state index contributed by atoms with van der Waals surface area (Å²) in [7, 11) is 0. The Kier molecular flexibility index (Phi) is 5.75. The molecule has 0 saturated carbocycles. The van der Waals surface area contributed by atoms with Crippen molar-refractivity contribution in [2.75, 3.05) is 11.9 Å². The molecule has 1 amide bonds. The first kappa shape index (κ1) is 16.7. The Morgan fingerprint density at radius 2 is 2.00 bits per heavy atom. The van der Waals surface area contributed by atoms with E-state index in [0.717, 1.165) is 24.1 Å². The molecule has 0 aliphatic heterocycles. The van der Waals surface area contributed by atoms with Crippen molar-refractivity contribution in [2.24, 2.45) is 17.1 Å². The van der Waals surface area contributed by atoms with Gasteiger partial charge in [0.1, 0.15) is 0 Å². The molecule has 20 heavy (non-hydrogen) atoms. The number of aryl methyl sites for hydroxylation is 2. The van der Waals surface area contributed by atoms with Gasteiger partial charge in [-0.2, -0.15) is 0 Å². The van der Waals surface area contributed by atoms with Crippen LogP contribution in [-0.4, -0.2) is 12.5 Å². The fourth-order valence-corrected chi connectivity index (χ4v) is 2.45. The van der Waals surface area contributed by atoms with E-state index in [-0.39, 0.29) is 17.2 Å². The minimum absolute atomic E-state index is 0.0337. The summed E-state index contributed by atoms with van der Waals surface area (Å²) in [5, 5.41) is 3.08. The maximum absolute atomic E-state index is 12.5. The van der Waals surface area contributed by atoms with Crippen LogP contribution in [0.15, 0.2) is 18.2 Å².